The lowest BCUT2D eigenvalue weighted by Crippen LogP contribution is -2.59. The average Bonchev–Trinajstić information content (AvgIpc) is 3.60. The molecule has 0 aliphatic carbocycles. The molecule has 1 spiro atoms. The van der Waals surface area contributed by atoms with Crippen molar-refractivity contribution in [2.75, 3.05) is 70.9 Å². The van der Waals surface area contributed by atoms with E-state index >= 15 is 0 Å². The van der Waals surface area contributed by atoms with Crippen LogP contribution in [0.3, 0.4) is 0 Å². The van der Waals surface area contributed by atoms with Crippen LogP contribution in [0.5, 0.6) is 6.01 Å². The number of allylic oxidation sites excluding steroid dienone is 1. The Balaban J connectivity index is 1.29. The third kappa shape index (κ3) is 6.49. The molecule has 1 atom stereocenters. The first-order chi connectivity index (χ1) is 21.7. The molecule has 4 fully saturated rings. The summed E-state index contributed by atoms with van der Waals surface area (Å²) in [5.41, 5.74) is 6.50. The van der Waals surface area contributed by atoms with Crippen LogP contribution in [-0.2, 0) is 11.2 Å². The van der Waals surface area contributed by atoms with Crippen molar-refractivity contribution in [3.8, 4) is 23.3 Å². The highest BCUT2D eigenvalue weighted by Crippen LogP contribution is 2.43. The summed E-state index contributed by atoms with van der Waals surface area (Å²) in [5, 5.41) is 10.7. The quantitative estimate of drug-likeness (QED) is 0.287. The van der Waals surface area contributed by atoms with Gasteiger partial charge in [0, 0.05) is 55.8 Å². The summed E-state index contributed by atoms with van der Waals surface area (Å²) in [4.78, 5) is 31.6. The summed E-state index contributed by atoms with van der Waals surface area (Å²) in [7, 11) is 2.13. The number of rotatable bonds is 10. The monoisotopic (exact) mass is 609 g/mol. The lowest BCUT2D eigenvalue weighted by molar-refractivity contribution is -0.136. The Bertz CT molecular complexity index is 1530. The predicted molar refractivity (Wildman–Crippen MR) is 177 cm³/mol. The van der Waals surface area contributed by atoms with Gasteiger partial charge in [0.2, 0.25) is 5.91 Å². The topological polar surface area (TPSA) is 88.8 Å². The van der Waals surface area contributed by atoms with Crippen LogP contribution in [0.4, 0.5) is 5.82 Å². The van der Waals surface area contributed by atoms with E-state index in [1.807, 2.05) is 17.9 Å². The molecule has 0 bridgehead atoms. The number of hydrogen-bond acceptors (Lipinski definition) is 8. The number of aryl methyl sites for hydroxylation is 2. The number of aromatic nitrogens is 2. The number of likely N-dealkylation sites (N-methyl/N-ethyl adjacent to an activating group) is 1. The predicted octanol–water partition coefficient (Wildman–Crippen LogP) is 4.52. The van der Waals surface area contributed by atoms with Gasteiger partial charge in [-0.2, -0.15) is 15.2 Å². The molecule has 5 heterocycles. The van der Waals surface area contributed by atoms with Crippen LogP contribution in [0, 0.1) is 30.6 Å². The summed E-state index contributed by atoms with van der Waals surface area (Å²) in [5.74, 6) is 0.727. The maximum absolute atomic E-state index is 12.8. The summed E-state index contributed by atoms with van der Waals surface area (Å²) in [6.07, 6.45) is 8.89. The first-order valence-corrected chi connectivity index (χ1v) is 16.5. The molecule has 9 nitrogen and oxygen atoms in total. The van der Waals surface area contributed by atoms with Crippen molar-refractivity contribution in [3.63, 3.8) is 0 Å². The number of benzene rings is 1. The van der Waals surface area contributed by atoms with Crippen molar-refractivity contribution < 1.29 is 9.53 Å². The number of hydrogen-bond donors (Lipinski definition) is 0. The highest BCUT2D eigenvalue weighted by Gasteiger charge is 2.49. The fraction of sp³-hybridized carbons (Fsp3) is 0.556. The van der Waals surface area contributed by atoms with Gasteiger partial charge in [-0.05, 0) is 96.2 Å². The normalized spacial score (nSPS) is 21.3. The fourth-order valence-electron chi connectivity index (χ4n) is 7.36. The highest BCUT2D eigenvalue weighted by molar-refractivity contribution is 5.88. The highest BCUT2D eigenvalue weighted by atomic mass is 16.5. The number of nitrogens with zero attached hydrogens (tertiary/aromatic N) is 7. The Morgan fingerprint density at radius 3 is 2.58 bits per heavy atom. The number of nitriles is 1. The third-order valence-electron chi connectivity index (χ3n) is 10.2. The Hall–Kier alpha value is -3.74. The maximum Gasteiger partial charge on any atom is 0.319 e. The van der Waals surface area contributed by atoms with E-state index in [0.717, 1.165) is 99.4 Å². The molecule has 4 aliphatic heterocycles. The second kappa shape index (κ2) is 12.9. The molecule has 0 saturated carbocycles. The largest absolute Gasteiger partial charge is 0.462 e. The SMILES string of the molecule is C=C(C)Cc1c(C)ccc(C)c1-c1nc(OC[C@@H]2CCCN2C)nc(N2CCC3(CN(C(=O)/C=C/CN4CCC4)C3)C2)c1C#N. The van der Waals surface area contributed by atoms with Crippen molar-refractivity contribution in [3.05, 3.63) is 58.7 Å². The molecule has 9 heteroatoms. The number of likely N-dealkylation sites (tertiary alicyclic amines) is 3. The molecule has 0 radical (unpaired) electrons. The van der Waals surface area contributed by atoms with Gasteiger partial charge in [0.25, 0.3) is 0 Å². The lowest BCUT2D eigenvalue weighted by atomic mass is 9.79. The minimum absolute atomic E-state index is 0.0107. The van der Waals surface area contributed by atoms with Crippen LogP contribution in [0.15, 0.2) is 36.4 Å². The van der Waals surface area contributed by atoms with Gasteiger partial charge in [0.15, 0.2) is 5.82 Å². The lowest BCUT2D eigenvalue weighted by Gasteiger charge is -2.47. The molecule has 0 N–H and O–H groups in total. The first kappa shape index (κ1) is 31.3. The molecular formula is C36H47N7O2. The molecule has 1 aromatic carbocycles. The molecule has 6 rings (SSSR count). The molecule has 238 valence electrons. The second-order valence-electron chi connectivity index (χ2n) is 13.9. The third-order valence-corrected chi connectivity index (χ3v) is 10.2. The smallest absolute Gasteiger partial charge is 0.319 e. The van der Waals surface area contributed by atoms with E-state index in [2.05, 4.69) is 60.4 Å². The molecule has 45 heavy (non-hydrogen) atoms. The van der Waals surface area contributed by atoms with Gasteiger partial charge < -0.3 is 19.4 Å². The average molecular weight is 610 g/mol. The second-order valence-corrected chi connectivity index (χ2v) is 13.9. The fourth-order valence-corrected chi connectivity index (χ4v) is 7.36. The van der Waals surface area contributed by atoms with Gasteiger partial charge in [-0.25, -0.2) is 0 Å². The van der Waals surface area contributed by atoms with Gasteiger partial charge in [-0.3, -0.25) is 9.69 Å². The van der Waals surface area contributed by atoms with Crippen molar-refractivity contribution in [2.24, 2.45) is 5.41 Å². The molecule has 1 aromatic heterocycles. The minimum Gasteiger partial charge on any atom is -0.462 e. The van der Waals surface area contributed by atoms with Crippen LogP contribution in [-0.4, -0.2) is 103 Å². The Labute approximate surface area is 268 Å². The van der Waals surface area contributed by atoms with E-state index in [1.54, 1.807) is 6.08 Å². The summed E-state index contributed by atoms with van der Waals surface area (Å²) in [6, 6.07) is 7.38. The van der Waals surface area contributed by atoms with E-state index in [4.69, 9.17) is 14.7 Å². The Kier molecular flexibility index (Phi) is 8.98. The number of carbonyl (C=O) groups is 1. The van der Waals surface area contributed by atoms with E-state index in [0.29, 0.717) is 42.2 Å². The number of amides is 1. The van der Waals surface area contributed by atoms with Crippen LogP contribution >= 0.6 is 0 Å². The van der Waals surface area contributed by atoms with Crippen molar-refractivity contribution >= 4 is 11.7 Å². The molecule has 4 aliphatic rings. The molecule has 1 amide bonds. The van der Waals surface area contributed by atoms with Crippen LogP contribution in [0.25, 0.3) is 11.3 Å². The van der Waals surface area contributed by atoms with Gasteiger partial charge in [-0.15, -0.1) is 0 Å². The van der Waals surface area contributed by atoms with Crippen molar-refractivity contribution in [2.45, 2.75) is 58.9 Å². The van der Waals surface area contributed by atoms with Crippen LogP contribution in [0.1, 0.15) is 54.9 Å². The van der Waals surface area contributed by atoms with E-state index in [1.165, 1.54) is 6.42 Å². The minimum atomic E-state index is 0.0107. The van der Waals surface area contributed by atoms with Gasteiger partial charge in [0.05, 0.1) is 5.69 Å². The zero-order chi connectivity index (χ0) is 31.7. The number of anilines is 1. The first-order valence-electron chi connectivity index (χ1n) is 16.5. The maximum atomic E-state index is 12.8. The van der Waals surface area contributed by atoms with E-state index in [9.17, 15) is 10.1 Å². The van der Waals surface area contributed by atoms with Crippen molar-refractivity contribution in [1.29, 1.82) is 5.26 Å². The summed E-state index contributed by atoms with van der Waals surface area (Å²) in [6.45, 7) is 18.1. The zero-order valence-corrected chi connectivity index (χ0v) is 27.4. The zero-order valence-electron chi connectivity index (χ0n) is 27.4. The van der Waals surface area contributed by atoms with Gasteiger partial charge in [0.1, 0.15) is 18.2 Å². The standard InChI is InChI=1S/C36H47N7O2/c1-25(2)19-29-26(3)11-12-27(4)32(29)33-30(20-37)34(39-35(38-33)45-21-28-9-6-14-40(28)5)42-18-13-36(22-42)23-43(24-36)31(44)10-7-15-41-16-8-17-41/h7,10-12,28H,1,6,8-9,13-19,21-24H2,2-5H3/b10-7+/t28-/m0/s1. The summed E-state index contributed by atoms with van der Waals surface area (Å²) < 4.78 is 6.34. The van der Waals surface area contributed by atoms with Gasteiger partial charge in [-0.1, -0.05) is 30.4 Å². The van der Waals surface area contributed by atoms with Crippen molar-refractivity contribution in [1.82, 2.24) is 24.7 Å². The molecule has 4 saturated heterocycles. The van der Waals surface area contributed by atoms with E-state index in [-0.39, 0.29) is 11.3 Å². The van der Waals surface area contributed by atoms with Crippen LogP contribution < -0.4 is 9.64 Å². The van der Waals surface area contributed by atoms with E-state index < -0.39 is 0 Å². The molecule has 0 unspecified atom stereocenters. The number of carbonyl (C=O) groups excluding carboxylic acids is 1. The number of ether oxygens (including phenoxy) is 1. The molecular weight excluding hydrogens is 562 g/mol. The Morgan fingerprint density at radius 1 is 1.13 bits per heavy atom. The van der Waals surface area contributed by atoms with Crippen LogP contribution in [0.2, 0.25) is 0 Å². The summed E-state index contributed by atoms with van der Waals surface area (Å²) >= 11 is 0. The molecule has 2 aromatic rings. The Morgan fingerprint density at radius 2 is 1.91 bits per heavy atom. The van der Waals surface area contributed by atoms with Gasteiger partial charge >= 0.3 is 6.01 Å².